The second-order valence-electron chi connectivity index (χ2n) is 6.97. The third-order valence-corrected chi connectivity index (χ3v) is 4.77. The lowest BCUT2D eigenvalue weighted by Crippen LogP contribution is -2.27. The van der Waals surface area contributed by atoms with Crippen molar-refractivity contribution in [2.75, 3.05) is 37.0 Å². The number of benzene rings is 1. The quantitative estimate of drug-likeness (QED) is 0.577. The molecule has 0 saturated carbocycles. The normalized spacial score (nSPS) is 14.0. The van der Waals surface area contributed by atoms with E-state index in [4.69, 9.17) is 4.74 Å². The standard InChI is InChI=1S/C20H20F3N7O2/c1-32-11-10-29-12-15(17(28-29)20(21,22)23)26-16-6-7-24-18(27-16)13-2-4-14(5-3-13)30-9-8-25-19(30)31/h2-7,12H,8-11H2,1H3,(H,25,31)(H,24,26,27). The van der Waals surface area contributed by atoms with E-state index in [1.165, 1.54) is 30.3 Å². The first kappa shape index (κ1) is 21.6. The molecule has 3 heterocycles. The molecular weight excluding hydrogens is 427 g/mol. The Morgan fingerprint density at radius 2 is 2.00 bits per heavy atom. The molecule has 0 aliphatic carbocycles. The molecule has 4 rings (SSSR count). The molecule has 0 spiro atoms. The number of nitrogens with one attached hydrogen (secondary N) is 2. The number of anilines is 3. The van der Waals surface area contributed by atoms with Gasteiger partial charge in [-0.2, -0.15) is 18.3 Å². The lowest BCUT2D eigenvalue weighted by molar-refractivity contribution is -0.140. The van der Waals surface area contributed by atoms with Crippen molar-refractivity contribution < 1.29 is 22.7 Å². The molecule has 1 aliphatic rings. The largest absolute Gasteiger partial charge is 0.437 e. The number of carbonyl (C=O) groups is 1. The highest BCUT2D eigenvalue weighted by molar-refractivity contribution is 5.94. The van der Waals surface area contributed by atoms with E-state index in [2.05, 4.69) is 25.7 Å². The molecule has 32 heavy (non-hydrogen) atoms. The fourth-order valence-electron chi connectivity index (χ4n) is 3.24. The SMILES string of the molecule is COCCn1cc(Nc2ccnc(-c3ccc(N4CCNC4=O)cc3)n2)c(C(F)(F)F)n1. The van der Waals surface area contributed by atoms with E-state index in [-0.39, 0.29) is 30.7 Å². The molecule has 0 bridgehead atoms. The predicted molar refractivity (Wildman–Crippen MR) is 111 cm³/mol. The van der Waals surface area contributed by atoms with Gasteiger partial charge in [-0.1, -0.05) is 0 Å². The van der Waals surface area contributed by atoms with Crippen LogP contribution in [0.5, 0.6) is 0 Å². The van der Waals surface area contributed by atoms with Gasteiger partial charge in [0.2, 0.25) is 0 Å². The second-order valence-corrected chi connectivity index (χ2v) is 6.97. The molecule has 0 atom stereocenters. The summed E-state index contributed by atoms with van der Waals surface area (Å²) in [7, 11) is 1.46. The molecule has 2 amide bonds. The van der Waals surface area contributed by atoms with Crippen LogP contribution >= 0.6 is 0 Å². The minimum absolute atomic E-state index is 0.160. The van der Waals surface area contributed by atoms with E-state index in [0.717, 1.165) is 5.69 Å². The van der Waals surface area contributed by atoms with Crippen LogP contribution in [0.25, 0.3) is 11.4 Å². The molecule has 3 aromatic rings. The maximum Gasteiger partial charge on any atom is 0.437 e. The Balaban J connectivity index is 1.56. The zero-order valence-electron chi connectivity index (χ0n) is 17.1. The highest BCUT2D eigenvalue weighted by Crippen LogP contribution is 2.35. The summed E-state index contributed by atoms with van der Waals surface area (Å²) in [4.78, 5) is 21.9. The van der Waals surface area contributed by atoms with Gasteiger partial charge in [0, 0.05) is 43.8 Å². The minimum Gasteiger partial charge on any atom is -0.383 e. The topological polar surface area (TPSA) is 97.2 Å². The predicted octanol–water partition coefficient (Wildman–Crippen LogP) is 3.28. The van der Waals surface area contributed by atoms with Crippen LogP contribution in [-0.2, 0) is 17.5 Å². The van der Waals surface area contributed by atoms with Crippen molar-refractivity contribution in [3.63, 3.8) is 0 Å². The number of hydrogen-bond acceptors (Lipinski definition) is 6. The summed E-state index contributed by atoms with van der Waals surface area (Å²) in [6.07, 6.45) is -1.91. The Bertz CT molecular complexity index is 1100. The van der Waals surface area contributed by atoms with Gasteiger partial charge in [0.05, 0.1) is 18.8 Å². The van der Waals surface area contributed by atoms with Gasteiger partial charge in [-0.3, -0.25) is 9.58 Å². The van der Waals surface area contributed by atoms with E-state index >= 15 is 0 Å². The molecule has 0 unspecified atom stereocenters. The summed E-state index contributed by atoms with van der Waals surface area (Å²) in [6, 6.07) is 8.36. The van der Waals surface area contributed by atoms with Crippen molar-refractivity contribution in [1.29, 1.82) is 0 Å². The number of ether oxygens (including phenoxy) is 1. The number of nitrogens with zero attached hydrogens (tertiary/aromatic N) is 5. The fourth-order valence-corrected chi connectivity index (χ4v) is 3.24. The van der Waals surface area contributed by atoms with Crippen molar-refractivity contribution >= 4 is 23.2 Å². The Kier molecular flexibility index (Phi) is 5.95. The highest BCUT2D eigenvalue weighted by atomic mass is 19.4. The van der Waals surface area contributed by atoms with Gasteiger partial charge >= 0.3 is 12.2 Å². The molecule has 1 fully saturated rings. The average molecular weight is 447 g/mol. The van der Waals surface area contributed by atoms with Crippen molar-refractivity contribution in [3.05, 3.63) is 48.4 Å². The number of urea groups is 1. The van der Waals surface area contributed by atoms with Gasteiger partial charge in [0.1, 0.15) is 5.82 Å². The summed E-state index contributed by atoms with van der Waals surface area (Å²) in [5, 5.41) is 9.04. The minimum atomic E-state index is -4.63. The molecule has 0 radical (unpaired) electrons. The van der Waals surface area contributed by atoms with E-state index in [0.29, 0.717) is 24.5 Å². The van der Waals surface area contributed by atoms with Crippen molar-refractivity contribution in [3.8, 4) is 11.4 Å². The summed E-state index contributed by atoms with van der Waals surface area (Å²) in [6.45, 7) is 1.57. The summed E-state index contributed by atoms with van der Waals surface area (Å²) in [5.41, 5.74) is 0.135. The van der Waals surface area contributed by atoms with E-state index < -0.39 is 11.9 Å². The average Bonchev–Trinajstić information content (AvgIpc) is 3.38. The third kappa shape index (κ3) is 4.64. The zero-order chi connectivity index (χ0) is 22.7. The first-order chi connectivity index (χ1) is 15.3. The van der Waals surface area contributed by atoms with Gasteiger partial charge in [-0.25, -0.2) is 14.8 Å². The Morgan fingerprint density at radius 3 is 2.66 bits per heavy atom. The molecule has 168 valence electrons. The summed E-state index contributed by atoms with van der Waals surface area (Å²) >= 11 is 0. The number of halogens is 3. The van der Waals surface area contributed by atoms with Crippen LogP contribution < -0.4 is 15.5 Å². The Hall–Kier alpha value is -3.67. The molecule has 2 aromatic heterocycles. The van der Waals surface area contributed by atoms with E-state index in [1.54, 1.807) is 29.2 Å². The van der Waals surface area contributed by atoms with Crippen molar-refractivity contribution in [2.24, 2.45) is 0 Å². The molecule has 1 saturated heterocycles. The number of amides is 2. The maximum absolute atomic E-state index is 13.4. The summed E-state index contributed by atoms with van der Waals surface area (Å²) < 4.78 is 46.3. The lowest BCUT2D eigenvalue weighted by Gasteiger charge is -2.14. The number of methoxy groups -OCH3 is 1. The van der Waals surface area contributed by atoms with Gasteiger partial charge in [-0.15, -0.1) is 0 Å². The van der Waals surface area contributed by atoms with Crippen LogP contribution in [0.15, 0.2) is 42.7 Å². The smallest absolute Gasteiger partial charge is 0.383 e. The van der Waals surface area contributed by atoms with Crippen LogP contribution in [0.4, 0.5) is 35.2 Å². The Morgan fingerprint density at radius 1 is 1.22 bits per heavy atom. The zero-order valence-corrected chi connectivity index (χ0v) is 17.1. The van der Waals surface area contributed by atoms with Crippen LogP contribution in [0, 0.1) is 0 Å². The van der Waals surface area contributed by atoms with Crippen molar-refractivity contribution in [2.45, 2.75) is 12.7 Å². The molecular formula is C20H20F3N7O2. The molecule has 12 heteroatoms. The number of alkyl halides is 3. The lowest BCUT2D eigenvalue weighted by atomic mass is 10.2. The van der Waals surface area contributed by atoms with Gasteiger partial charge in [-0.05, 0) is 30.3 Å². The molecule has 2 N–H and O–H groups in total. The van der Waals surface area contributed by atoms with E-state index in [9.17, 15) is 18.0 Å². The van der Waals surface area contributed by atoms with Gasteiger partial charge in [0.25, 0.3) is 0 Å². The monoisotopic (exact) mass is 447 g/mol. The van der Waals surface area contributed by atoms with Crippen molar-refractivity contribution in [1.82, 2.24) is 25.1 Å². The second kappa shape index (κ2) is 8.83. The molecule has 1 aromatic carbocycles. The number of rotatable bonds is 7. The molecule has 1 aliphatic heterocycles. The van der Waals surface area contributed by atoms with Gasteiger partial charge < -0.3 is 15.4 Å². The van der Waals surface area contributed by atoms with E-state index in [1.807, 2.05) is 0 Å². The fraction of sp³-hybridized carbons (Fsp3) is 0.300. The molecule has 9 nitrogen and oxygen atoms in total. The number of hydrogen-bond donors (Lipinski definition) is 2. The highest BCUT2D eigenvalue weighted by Gasteiger charge is 2.37. The number of carbonyl (C=O) groups excluding carboxylic acids is 1. The summed E-state index contributed by atoms with van der Waals surface area (Å²) in [5.74, 6) is 0.516. The third-order valence-electron chi connectivity index (χ3n) is 4.77. The first-order valence-corrected chi connectivity index (χ1v) is 9.74. The Labute approximate surface area is 181 Å². The van der Waals surface area contributed by atoms with Gasteiger partial charge in [0.15, 0.2) is 11.5 Å². The first-order valence-electron chi connectivity index (χ1n) is 9.74. The van der Waals surface area contributed by atoms with Crippen LogP contribution in [-0.4, -0.2) is 52.6 Å². The van der Waals surface area contributed by atoms with Crippen LogP contribution in [0.1, 0.15) is 5.69 Å². The van der Waals surface area contributed by atoms with Crippen LogP contribution in [0.3, 0.4) is 0 Å². The maximum atomic E-state index is 13.4. The van der Waals surface area contributed by atoms with Crippen LogP contribution in [0.2, 0.25) is 0 Å². The number of aromatic nitrogens is 4.